The predicted molar refractivity (Wildman–Crippen MR) is 294 cm³/mol. The van der Waals surface area contributed by atoms with E-state index in [9.17, 15) is 0 Å². The van der Waals surface area contributed by atoms with Crippen molar-refractivity contribution in [2.75, 3.05) is 0 Å². The summed E-state index contributed by atoms with van der Waals surface area (Å²) in [6.45, 7) is 8.02. The van der Waals surface area contributed by atoms with Crippen LogP contribution in [-0.4, -0.2) is 23.7 Å². The van der Waals surface area contributed by atoms with Crippen LogP contribution in [0.25, 0.3) is 110 Å². The molecule has 0 fully saturated rings. The molecule has 0 saturated heterocycles. The first-order chi connectivity index (χ1) is 36.2. The molecule has 0 saturated carbocycles. The van der Waals surface area contributed by atoms with Gasteiger partial charge in [0.05, 0.1) is 56.5 Å². The Balaban J connectivity index is 0.885. The van der Waals surface area contributed by atoms with E-state index >= 15 is 0 Å². The van der Waals surface area contributed by atoms with Crippen LogP contribution in [0, 0.1) is 6.57 Å². The Morgan fingerprint density at radius 1 is 0.370 bits per heavy atom. The van der Waals surface area contributed by atoms with Gasteiger partial charge >= 0.3 is 0 Å². The van der Waals surface area contributed by atoms with Gasteiger partial charge in [-0.25, -0.2) is 4.85 Å². The predicted octanol–water partition coefficient (Wildman–Crippen LogP) is 16.5. The second-order valence-electron chi connectivity index (χ2n) is 19.2. The standard InChI is InChI=1S/C66H38N6O/c1-67-42-25-32-61-51(37-42)50-35-40(24-31-60(50)71(61)44-28-26-43(27-29-44)70-56-19-7-2-13-46(56)47-14-3-8-20-57(47)70)41-36-55-65(69-39-41)64-53(18-12-34-68-64)66(55)52-17-6-11-23-62(52)73-63-33-30-45(38-54(63)66)72-58-21-9-4-15-48(58)49-16-5-10-22-59(49)72/h2-39H. The van der Waals surface area contributed by atoms with Gasteiger partial charge in [-0.05, 0) is 126 Å². The van der Waals surface area contributed by atoms with Gasteiger partial charge in [0, 0.05) is 78.6 Å². The number of rotatable bonds is 4. The minimum atomic E-state index is -0.809. The van der Waals surface area contributed by atoms with Crippen LogP contribution in [0.5, 0.6) is 11.5 Å². The Morgan fingerprint density at radius 3 is 1.52 bits per heavy atom. The first kappa shape index (κ1) is 39.8. The fraction of sp³-hybridized carbons (Fsp3) is 0.0152. The maximum Gasteiger partial charge on any atom is 0.188 e. The molecule has 2 aliphatic rings. The molecule has 1 spiro atoms. The summed E-state index contributed by atoms with van der Waals surface area (Å²) in [5.74, 6) is 1.60. The molecule has 73 heavy (non-hydrogen) atoms. The molecule has 0 radical (unpaired) electrons. The Kier molecular flexibility index (Phi) is 8.04. The third kappa shape index (κ3) is 5.36. The number of fused-ring (bicyclic) bond motifs is 18. The van der Waals surface area contributed by atoms with E-state index in [4.69, 9.17) is 21.3 Å². The van der Waals surface area contributed by atoms with Crippen LogP contribution < -0.4 is 4.74 Å². The van der Waals surface area contributed by atoms with Crippen molar-refractivity contribution in [2.45, 2.75) is 5.41 Å². The Bertz CT molecular complexity index is 4630. The molecule has 7 heteroatoms. The first-order valence-electron chi connectivity index (χ1n) is 24.6. The number of hydrogen-bond donors (Lipinski definition) is 0. The minimum absolute atomic E-state index is 0.599. The van der Waals surface area contributed by atoms with Crippen LogP contribution in [0.4, 0.5) is 5.69 Å². The van der Waals surface area contributed by atoms with Gasteiger partial charge in [-0.2, -0.15) is 0 Å². The molecule has 6 heterocycles. The van der Waals surface area contributed by atoms with Crippen LogP contribution in [0.3, 0.4) is 0 Å². The second-order valence-corrected chi connectivity index (χ2v) is 19.2. The van der Waals surface area contributed by atoms with Crippen molar-refractivity contribution in [3.63, 3.8) is 0 Å². The molecule has 0 N–H and O–H groups in total. The molecule has 338 valence electrons. The molecule has 5 aromatic heterocycles. The third-order valence-electron chi connectivity index (χ3n) is 15.6. The largest absolute Gasteiger partial charge is 0.457 e. The summed E-state index contributed by atoms with van der Waals surface area (Å²) in [5, 5.41) is 6.96. The number of ether oxygens (including phenoxy) is 1. The van der Waals surface area contributed by atoms with E-state index in [1.807, 2.05) is 36.7 Å². The normalized spacial score (nSPS) is 14.5. The van der Waals surface area contributed by atoms with Gasteiger partial charge in [-0.3, -0.25) is 9.97 Å². The molecular weight excluding hydrogens is 893 g/mol. The Hall–Kier alpha value is -10.0. The fourth-order valence-electron chi connectivity index (χ4n) is 12.6. The molecule has 0 amide bonds. The number of aromatic nitrogens is 5. The van der Waals surface area contributed by atoms with Crippen LogP contribution >= 0.6 is 0 Å². The van der Waals surface area contributed by atoms with E-state index in [0.29, 0.717) is 5.69 Å². The zero-order valence-corrected chi connectivity index (χ0v) is 39.0. The lowest BCUT2D eigenvalue weighted by Gasteiger charge is -2.39. The highest BCUT2D eigenvalue weighted by Gasteiger charge is 2.52. The van der Waals surface area contributed by atoms with Crippen molar-refractivity contribution < 1.29 is 4.74 Å². The van der Waals surface area contributed by atoms with Gasteiger partial charge in [0.15, 0.2) is 5.69 Å². The van der Waals surface area contributed by atoms with Gasteiger partial charge in [-0.1, -0.05) is 109 Å². The van der Waals surface area contributed by atoms with Crippen molar-refractivity contribution in [3.8, 4) is 51.1 Å². The average Bonchev–Trinajstić information content (AvgIpc) is 4.22. The van der Waals surface area contributed by atoms with E-state index in [2.05, 4.69) is 213 Å². The van der Waals surface area contributed by atoms with Crippen LogP contribution in [0.15, 0.2) is 231 Å². The van der Waals surface area contributed by atoms with Gasteiger partial charge in [0.2, 0.25) is 0 Å². The Morgan fingerprint density at radius 2 is 0.877 bits per heavy atom. The summed E-state index contributed by atoms with van der Waals surface area (Å²) in [5.41, 5.74) is 17.6. The second kappa shape index (κ2) is 14.8. The minimum Gasteiger partial charge on any atom is -0.457 e. The molecule has 1 unspecified atom stereocenters. The third-order valence-corrected chi connectivity index (χ3v) is 15.6. The molecule has 16 rings (SSSR count). The summed E-state index contributed by atoms with van der Waals surface area (Å²) in [6.07, 6.45) is 3.87. The number of para-hydroxylation sites is 5. The topological polar surface area (TPSA) is 54.2 Å². The average molecular weight is 931 g/mol. The van der Waals surface area contributed by atoms with Crippen molar-refractivity contribution in [3.05, 3.63) is 264 Å². The van der Waals surface area contributed by atoms with Crippen molar-refractivity contribution in [2.24, 2.45) is 0 Å². The number of nitrogens with zero attached hydrogens (tertiary/aromatic N) is 6. The lowest BCUT2D eigenvalue weighted by atomic mass is 9.66. The lowest BCUT2D eigenvalue weighted by molar-refractivity contribution is 0.436. The van der Waals surface area contributed by atoms with E-state index in [1.54, 1.807) is 0 Å². The molecule has 7 nitrogen and oxygen atoms in total. The van der Waals surface area contributed by atoms with Gasteiger partial charge in [0.25, 0.3) is 0 Å². The van der Waals surface area contributed by atoms with Crippen molar-refractivity contribution >= 4 is 71.1 Å². The van der Waals surface area contributed by atoms with E-state index in [1.165, 1.54) is 32.6 Å². The van der Waals surface area contributed by atoms with Crippen LogP contribution in [0.2, 0.25) is 0 Å². The van der Waals surface area contributed by atoms with E-state index < -0.39 is 5.41 Å². The highest BCUT2D eigenvalue weighted by atomic mass is 16.5. The maximum absolute atomic E-state index is 8.02. The van der Waals surface area contributed by atoms with E-state index in [-0.39, 0.29) is 0 Å². The van der Waals surface area contributed by atoms with Gasteiger partial charge in [0.1, 0.15) is 11.5 Å². The van der Waals surface area contributed by atoms with Crippen LogP contribution in [0.1, 0.15) is 22.3 Å². The zero-order valence-electron chi connectivity index (χ0n) is 39.0. The number of pyridine rings is 2. The summed E-state index contributed by atoms with van der Waals surface area (Å²) in [4.78, 5) is 14.3. The van der Waals surface area contributed by atoms with Gasteiger partial charge < -0.3 is 18.4 Å². The summed E-state index contributed by atoms with van der Waals surface area (Å²) >= 11 is 0. The van der Waals surface area contributed by atoms with Crippen molar-refractivity contribution in [1.82, 2.24) is 23.7 Å². The fourth-order valence-corrected chi connectivity index (χ4v) is 12.6. The molecule has 9 aromatic carbocycles. The summed E-state index contributed by atoms with van der Waals surface area (Å²) < 4.78 is 13.9. The Labute approximate surface area is 418 Å². The van der Waals surface area contributed by atoms with Crippen molar-refractivity contribution in [1.29, 1.82) is 0 Å². The zero-order chi connectivity index (χ0) is 47.9. The molecule has 1 aliphatic heterocycles. The quantitative estimate of drug-likeness (QED) is 0.165. The number of hydrogen-bond acceptors (Lipinski definition) is 3. The first-order valence-corrected chi connectivity index (χ1v) is 24.6. The molecule has 0 bridgehead atoms. The molecular formula is C66H38N6O. The lowest BCUT2D eigenvalue weighted by Crippen LogP contribution is -2.32. The SMILES string of the molecule is [C-]#[N+]c1ccc2c(c1)c1cc(-c3cnc4c(c3)C3(c5ccccc5Oc5ccc(-n6c7ccccc7c7ccccc76)cc53)c3cccnc3-4)ccc1n2-c1ccc(-n2c3ccccc3c3ccccc32)cc1. The number of benzene rings is 9. The van der Waals surface area contributed by atoms with Crippen LogP contribution in [-0.2, 0) is 5.41 Å². The van der Waals surface area contributed by atoms with E-state index in [0.717, 1.165) is 106 Å². The smallest absolute Gasteiger partial charge is 0.188 e. The monoisotopic (exact) mass is 930 g/mol. The highest BCUT2D eigenvalue weighted by molar-refractivity contribution is 6.13. The maximum atomic E-state index is 8.02. The molecule has 1 aliphatic carbocycles. The molecule has 14 aromatic rings. The summed E-state index contributed by atoms with van der Waals surface area (Å²) in [7, 11) is 0. The van der Waals surface area contributed by atoms with Gasteiger partial charge in [-0.15, -0.1) is 0 Å². The molecule has 1 atom stereocenters. The highest BCUT2D eigenvalue weighted by Crippen LogP contribution is 2.62. The summed E-state index contributed by atoms with van der Waals surface area (Å²) in [6, 6.07) is 77.8.